The molecule has 0 aliphatic carbocycles. The zero-order chi connectivity index (χ0) is 24.7. The second kappa shape index (κ2) is 11.0. The van der Waals surface area contributed by atoms with E-state index in [4.69, 9.17) is 0 Å². The zero-order valence-corrected chi connectivity index (χ0v) is 20.1. The molecule has 1 amide bonds. The van der Waals surface area contributed by atoms with Gasteiger partial charge in [0.2, 0.25) is 5.91 Å². The van der Waals surface area contributed by atoms with Crippen molar-refractivity contribution in [3.63, 3.8) is 0 Å². The summed E-state index contributed by atoms with van der Waals surface area (Å²) in [6.07, 6.45) is 4.46. The molecule has 0 bridgehead atoms. The molecule has 0 atom stereocenters. The van der Waals surface area contributed by atoms with Crippen LogP contribution < -0.4 is 5.32 Å². The van der Waals surface area contributed by atoms with Crippen LogP contribution >= 0.6 is 11.8 Å². The van der Waals surface area contributed by atoms with Crippen molar-refractivity contribution in [2.75, 3.05) is 12.3 Å². The summed E-state index contributed by atoms with van der Waals surface area (Å²) in [5.41, 5.74) is 3.63. The third-order valence-corrected chi connectivity index (χ3v) is 6.40. The molecule has 2 aromatic heterocycles. The number of hydrogen-bond acceptors (Lipinski definition) is 5. The number of carbonyl (C=O) groups excluding carboxylic acids is 1. The molecule has 180 valence electrons. The molecule has 0 aliphatic heterocycles. The number of para-hydroxylation sites is 2. The molecule has 3 aromatic carbocycles. The Labute approximate surface area is 212 Å². The first-order chi connectivity index (χ1) is 17.7. The zero-order valence-electron chi connectivity index (χ0n) is 19.3. The van der Waals surface area contributed by atoms with E-state index in [2.05, 4.69) is 20.6 Å². The molecule has 0 saturated heterocycles. The Bertz CT molecular complexity index is 1430. The van der Waals surface area contributed by atoms with E-state index >= 15 is 0 Å². The largest absolute Gasteiger partial charge is 0.355 e. The van der Waals surface area contributed by atoms with Crippen molar-refractivity contribution >= 4 is 17.7 Å². The Hall–Kier alpha value is -4.24. The first-order valence-corrected chi connectivity index (χ1v) is 12.4. The fourth-order valence-corrected chi connectivity index (χ4v) is 4.48. The number of halogens is 1. The summed E-state index contributed by atoms with van der Waals surface area (Å²) < 4.78 is 17.1. The van der Waals surface area contributed by atoms with Crippen molar-refractivity contribution in [1.29, 1.82) is 0 Å². The van der Waals surface area contributed by atoms with Crippen LogP contribution in [0.3, 0.4) is 0 Å². The second-order valence-corrected chi connectivity index (χ2v) is 8.94. The summed E-state index contributed by atoms with van der Waals surface area (Å²) in [6.45, 7) is 0.506. The lowest BCUT2D eigenvalue weighted by Gasteiger charge is -2.10. The number of hydrogen-bond donors (Lipinski definition) is 1. The molecule has 1 N–H and O–H groups in total. The molecular formula is C27H23FN6OS. The molecule has 0 unspecified atom stereocenters. The van der Waals surface area contributed by atoms with Crippen LogP contribution in [-0.4, -0.2) is 42.7 Å². The highest BCUT2D eigenvalue weighted by molar-refractivity contribution is 7.99. The van der Waals surface area contributed by atoms with Crippen LogP contribution in [0.5, 0.6) is 0 Å². The van der Waals surface area contributed by atoms with Gasteiger partial charge in [0, 0.05) is 24.0 Å². The first kappa shape index (κ1) is 23.5. The highest BCUT2D eigenvalue weighted by Crippen LogP contribution is 2.28. The Morgan fingerprint density at radius 3 is 2.31 bits per heavy atom. The maximum Gasteiger partial charge on any atom is 0.230 e. The van der Waals surface area contributed by atoms with Crippen LogP contribution in [0.4, 0.5) is 4.39 Å². The number of aromatic nitrogens is 5. The molecule has 0 aliphatic rings. The Morgan fingerprint density at radius 1 is 0.889 bits per heavy atom. The molecule has 0 radical (unpaired) electrons. The van der Waals surface area contributed by atoms with Gasteiger partial charge in [-0.2, -0.15) is 5.10 Å². The molecule has 9 heteroatoms. The summed E-state index contributed by atoms with van der Waals surface area (Å²) in [7, 11) is 0. The summed E-state index contributed by atoms with van der Waals surface area (Å²) in [5, 5.41) is 16.6. The van der Waals surface area contributed by atoms with Gasteiger partial charge in [-0.05, 0) is 60.5 Å². The van der Waals surface area contributed by atoms with Crippen molar-refractivity contribution in [2.24, 2.45) is 0 Å². The van der Waals surface area contributed by atoms with E-state index < -0.39 is 0 Å². The first-order valence-electron chi connectivity index (χ1n) is 11.4. The summed E-state index contributed by atoms with van der Waals surface area (Å²) in [4.78, 5) is 12.5. The van der Waals surface area contributed by atoms with Gasteiger partial charge in [-0.1, -0.05) is 48.2 Å². The van der Waals surface area contributed by atoms with Gasteiger partial charge < -0.3 is 5.32 Å². The molecule has 7 nitrogen and oxygen atoms in total. The van der Waals surface area contributed by atoms with Crippen LogP contribution in [-0.2, 0) is 11.2 Å². The van der Waals surface area contributed by atoms with Crippen molar-refractivity contribution in [2.45, 2.75) is 11.6 Å². The highest BCUT2D eigenvalue weighted by Gasteiger charge is 2.17. The fraction of sp³-hybridized carbons (Fsp3) is 0.111. The van der Waals surface area contributed by atoms with E-state index in [1.165, 1.54) is 23.9 Å². The molecule has 0 fully saturated rings. The van der Waals surface area contributed by atoms with E-state index in [1.807, 2.05) is 82.3 Å². The van der Waals surface area contributed by atoms with Crippen LogP contribution in [0, 0.1) is 5.82 Å². The molecular weight excluding hydrogens is 475 g/mol. The molecule has 5 aromatic rings. The lowest BCUT2D eigenvalue weighted by molar-refractivity contribution is -0.118. The molecule has 36 heavy (non-hydrogen) atoms. The van der Waals surface area contributed by atoms with Gasteiger partial charge in [0.1, 0.15) is 5.82 Å². The van der Waals surface area contributed by atoms with Crippen molar-refractivity contribution in [3.8, 4) is 22.8 Å². The Kier molecular flexibility index (Phi) is 7.18. The molecule has 0 saturated carbocycles. The minimum atomic E-state index is -0.316. The van der Waals surface area contributed by atoms with Crippen LogP contribution in [0.15, 0.2) is 102 Å². The van der Waals surface area contributed by atoms with Gasteiger partial charge in [-0.15, -0.1) is 10.2 Å². The topological polar surface area (TPSA) is 77.6 Å². The molecule has 2 heterocycles. The van der Waals surface area contributed by atoms with Gasteiger partial charge in [0.25, 0.3) is 0 Å². The second-order valence-electron chi connectivity index (χ2n) is 8.00. The van der Waals surface area contributed by atoms with Crippen molar-refractivity contribution in [3.05, 3.63) is 109 Å². The van der Waals surface area contributed by atoms with Gasteiger partial charge in [-0.25, -0.2) is 9.07 Å². The maximum atomic E-state index is 13.4. The average molecular weight is 499 g/mol. The number of benzene rings is 3. The van der Waals surface area contributed by atoms with Gasteiger partial charge in [0.15, 0.2) is 11.0 Å². The quantitative estimate of drug-likeness (QED) is 0.298. The van der Waals surface area contributed by atoms with Gasteiger partial charge in [0.05, 0.1) is 17.6 Å². The lowest BCUT2D eigenvalue weighted by Crippen LogP contribution is -2.27. The van der Waals surface area contributed by atoms with Crippen LogP contribution in [0.2, 0.25) is 0 Å². The number of amides is 1. The third-order valence-electron chi connectivity index (χ3n) is 5.48. The molecule has 0 spiro atoms. The lowest BCUT2D eigenvalue weighted by atomic mass is 10.2. The predicted octanol–water partition coefficient (Wildman–Crippen LogP) is 4.71. The van der Waals surface area contributed by atoms with Crippen molar-refractivity contribution in [1.82, 2.24) is 29.9 Å². The summed E-state index contributed by atoms with van der Waals surface area (Å²) >= 11 is 1.30. The van der Waals surface area contributed by atoms with Gasteiger partial charge >= 0.3 is 0 Å². The Morgan fingerprint density at radius 2 is 1.58 bits per heavy atom. The standard InChI is InChI=1S/C27H23FN6OS/c28-22-13-11-21(12-14-22)26-31-32-27(34(26)24-9-5-2-6-10-24)36-19-25(35)29-16-15-20-17-30-33(18-20)23-7-3-1-4-8-23/h1-14,17-18H,15-16,19H2,(H,29,35). The third kappa shape index (κ3) is 5.52. The summed E-state index contributed by atoms with van der Waals surface area (Å²) in [6, 6.07) is 25.7. The maximum absolute atomic E-state index is 13.4. The number of carbonyl (C=O) groups is 1. The molecule has 5 rings (SSSR count). The predicted molar refractivity (Wildman–Crippen MR) is 138 cm³/mol. The van der Waals surface area contributed by atoms with E-state index in [-0.39, 0.29) is 17.5 Å². The minimum absolute atomic E-state index is 0.0959. The average Bonchev–Trinajstić information content (AvgIpc) is 3.56. The van der Waals surface area contributed by atoms with E-state index in [0.29, 0.717) is 23.9 Å². The van der Waals surface area contributed by atoms with Crippen LogP contribution in [0.1, 0.15) is 5.56 Å². The fourth-order valence-electron chi connectivity index (χ4n) is 3.70. The number of rotatable bonds is 9. The monoisotopic (exact) mass is 498 g/mol. The summed E-state index contributed by atoms with van der Waals surface area (Å²) in [5.74, 6) is 0.363. The number of nitrogens with zero attached hydrogens (tertiary/aromatic N) is 5. The van der Waals surface area contributed by atoms with Crippen LogP contribution in [0.25, 0.3) is 22.8 Å². The number of thioether (sulfide) groups is 1. The minimum Gasteiger partial charge on any atom is -0.355 e. The van der Waals surface area contributed by atoms with Gasteiger partial charge in [-0.3, -0.25) is 9.36 Å². The number of nitrogens with one attached hydrogen (secondary N) is 1. The normalized spacial score (nSPS) is 10.9. The van der Waals surface area contributed by atoms with E-state index in [0.717, 1.165) is 22.5 Å². The van der Waals surface area contributed by atoms with E-state index in [9.17, 15) is 9.18 Å². The Balaban J connectivity index is 1.21. The SMILES string of the molecule is O=C(CSc1nnc(-c2ccc(F)cc2)n1-c1ccccc1)NCCc1cnn(-c2ccccc2)c1. The highest BCUT2D eigenvalue weighted by atomic mass is 32.2. The van der Waals surface area contributed by atoms with Crippen molar-refractivity contribution < 1.29 is 9.18 Å². The van der Waals surface area contributed by atoms with E-state index in [1.54, 1.807) is 12.1 Å². The smallest absolute Gasteiger partial charge is 0.230 e.